The topological polar surface area (TPSA) is 66.0 Å². The van der Waals surface area contributed by atoms with E-state index in [1.54, 1.807) is 41.6 Å². The minimum atomic E-state index is -0.930. The molecule has 2 aromatic rings. The number of hydrogen-bond acceptors (Lipinski definition) is 4. The van der Waals surface area contributed by atoms with Crippen LogP contribution in [0.25, 0.3) is 6.08 Å². The van der Waals surface area contributed by atoms with Crippen LogP contribution in [0, 0.1) is 0 Å². The molecule has 0 fully saturated rings. The molecular weight excluding hydrogens is 256 g/mol. The number of nitrogens with one attached hydrogen (secondary N) is 1. The molecule has 2 rings (SSSR count). The lowest BCUT2D eigenvalue weighted by molar-refractivity contribution is -0.131. The van der Waals surface area contributed by atoms with Crippen LogP contribution in [0.4, 0.5) is 0 Å². The van der Waals surface area contributed by atoms with Gasteiger partial charge in [-0.25, -0.2) is 9.78 Å². The Hall–Kier alpha value is -1.53. The van der Waals surface area contributed by atoms with Crippen molar-refractivity contribution in [2.75, 3.05) is 0 Å². The van der Waals surface area contributed by atoms with Crippen LogP contribution < -0.4 is 0 Å². The Morgan fingerprint density at radius 3 is 3.24 bits per heavy atom. The van der Waals surface area contributed by atoms with Crippen molar-refractivity contribution in [3.8, 4) is 0 Å². The maximum absolute atomic E-state index is 10.4. The number of aromatic amines is 1. The summed E-state index contributed by atoms with van der Waals surface area (Å²) in [5.74, 6) is -0.148. The van der Waals surface area contributed by atoms with Gasteiger partial charge in [0.1, 0.15) is 0 Å². The standard InChI is InChI=1S/C11H10N2O2S2/c14-10(15)2-1-8-3-6-16-9(8)7-17-11-12-4-5-13-11/h1-6H,7H2,(H,12,13)(H,14,15)/b2-1+. The van der Waals surface area contributed by atoms with Gasteiger partial charge in [-0.3, -0.25) is 0 Å². The molecule has 0 radical (unpaired) electrons. The van der Waals surface area contributed by atoms with Crippen LogP contribution in [-0.4, -0.2) is 21.0 Å². The molecule has 4 nitrogen and oxygen atoms in total. The summed E-state index contributed by atoms with van der Waals surface area (Å²) in [6.45, 7) is 0. The van der Waals surface area contributed by atoms with Gasteiger partial charge in [-0.2, -0.15) is 0 Å². The Morgan fingerprint density at radius 1 is 1.65 bits per heavy atom. The number of aliphatic carboxylic acids is 1. The van der Waals surface area contributed by atoms with Crippen molar-refractivity contribution in [2.24, 2.45) is 0 Å². The van der Waals surface area contributed by atoms with E-state index in [0.29, 0.717) is 0 Å². The van der Waals surface area contributed by atoms with Gasteiger partial charge < -0.3 is 10.1 Å². The highest BCUT2D eigenvalue weighted by atomic mass is 32.2. The van der Waals surface area contributed by atoms with E-state index >= 15 is 0 Å². The van der Waals surface area contributed by atoms with Crippen LogP contribution >= 0.6 is 23.1 Å². The minimum absolute atomic E-state index is 0.782. The van der Waals surface area contributed by atoms with Gasteiger partial charge in [-0.1, -0.05) is 11.8 Å². The number of carboxylic acids is 1. The van der Waals surface area contributed by atoms with Gasteiger partial charge in [-0.15, -0.1) is 11.3 Å². The molecule has 0 aliphatic heterocycles. The smallest absolute Gasteiger partial charge is 0.328 e. The van der Waals surface area contributed by atoms with Crippen LogP contribution in [0.1, 0.15) is 10.4 Å². The van der Waals surface area contributed by atoms with E-state index < -0.39 is 5.97 Å². The second-order valence-electron chi connectivity index (χ2n) is 3.15. The number of H-pyrrole nitrogens is 1. The summed E-state index contributed by atoms with van der Waals surface area (Å²) in [5.41, 5.74) is 0.955. The molecule has 0 saturated carbocycles. The van der Waals surface area contributed by atoms with Crippen molar-refractivity contribution >= 4 is 35.1 Å². The van der Waals surface area contributed by atoms with Gasteiger partial charge >= 0.3 is 5.97 Å². The van der Waals surface area contributed by atoms with Gasteiger partial charge in [0, 0.05) is 29.1 Å². The normalized spacial score (nSPS) is 11.1. The SMILES string of the molecule is O=C(O)/C=C/c1ccsc1CSc1ncc[nH]1. The summed E-state index contributed by atoms with van der Waals surface area (Å²) < 4.78 is 0. The molecule has 88 valence electrons. The van der Waals surface area contributed by atoms with E-state index in [-0.39, 0.29) is 0 Å². The lowest BCUT2D eigenvalue weighted by Gasteiger charge is -1.97. The number of aromatic nitrogens is 2. The van der Waals surface area contributed by atoms with Crippen molar-refractivity contribution in [3.63, 3.8) is 0 Å². The van der Waals surface area contributed by atoms with Crippen LogP contribution in [-0.2, 0) is 10.5 Å². The molecule has 2 heterocycles. The Labute approximate surface area is 106 Å². The van der Waals surface area contributed by atoms with Crippen LogP contribution in [0.3, 0.4) is 0 Å². The highest BCUT2D eigenvalue weighted by Crippen LogP contribution is 2.26. The van der Waals surface area contributed by atoms with E-state index in [1.807, 2.05) is 11.4 Å². The zero-order chi connectivity index (χ0) is 12.1. The fraction of sp³-hybridized carbons (Fsp3) is 0.0909. The van der Waals surface area contributed by atoms with Gasteiger partial charge in [0.2, 0.25) is 0 Å². The molecule has 0 aromatic carbocycles. The number of carboxylic acid groups (broad SMARTS) is 1. The largest absolute Gasteiger partial charge is 0.478 e. The number of thiophene rings is 1. The summed E-state index contributed by atoms with van der Waals surface area (Å²) in [6.07, 6.45) is 6.27. The molecule has 0 aliphatic rings. The summed E-state index contributed by atoms with van der Waals surface area (Å²) in [6, 6.07) is 1.92. The molecule has 6 heteroatoms. The highest BCUT2D eigenvalue weighted by Gasteiger charge is 2.04. The first kappa shape index (κ1) is 11.9. The molecule has 0 saturated heterocycles. The first-order valence-electron chi connectivity index (χ1n) is 4.85. The Kier molecular flexibility index (Phi) is 4.00. The lowest BCUT2D eigenvalue weighted by Crippen LogP contribution is -1.86. The maximum atomic E-state index is 10.4. The Bertz CT molecular complexity index is 517. The number of rotatable bonds is 5. The third kappa shape index (κ3) is 3.47. The van der Waals surface area contributed by atoms with Crippen LogP contribution in [0.15, 0.2) is 35.1 Å². The van der Waals surface area contributed by atoms with Crippen LogP contribution in [0.5, 0.6) is 0 Å². The van der Waals surface area contributed by atoms with Gasteiger partial charge in [-0.05, 0) is 23.1 Å². The number of hydrogen-bond donors (Lipinski definition) is 2. The fourth-order valence-corrected chi connectivity index (χ4v) is 3.06. The number of imidazole rings is 1. The predicted octanol–water partition coefficient (Wildman–Crippen LogP) is 2.86. The molecule has 0 unspecified atom stereocenters. The molecule has 0 amide bonds. The predicted molar refractivity (Wildman–Crippen MR) is 69.1 cm³/mol. The molecule has 2 N–H and O–H groups in total. The van der Waals surface area contributed by atoms with Crippen molar-refractivity contribution < 1.29 is 9.90 Å². The highest BCUT2D eigenvalue weighted by molar-refractivity contribution is 7.98. The monoisotopic (exact) mass is 266 g/mol. The summed E-state index contributed by atoms with van der Waals surface area (Å²) in [5, 5.41) is 11.4. The van der Waals surface area contributed by atoms with Gasteiger partial charge in [0.15, 0.2) is 5.16 Å². The molecular formula is C11H10N2O2S2. The summed E-state index contributed by atoms with van der Waals surface area (Å²) in [4.78, 5) is 18.7. The van der Waals surface area contributed by atoms with E-state index in [1.165, 1.54) is 0 Å². The zero-order valence-electron chi connectivity index (χ0n) is 8.79. The number of carbonyl (C=O) groups is 1. The quantitative estimate of drug-likeness (QED) is 0.645. The van der Waals surface area contributed by atoms with Gasteiger partial charge in [0.05, 0.1) is 0 Å². The molecule has 2 aromatic heterocycles. The fourth-order valence-electron chi connectivity index (χ4n) is 1.24. The first-order valence-corrected chi connectivity index (χ1v) is 6.72. The Morgan fingerprint density at radius 2 is 2.53 bits per heavy atom. The molecule has 0 aliphatic carbocycles. The summed E-state index contributed by atoms with van der Waals surface area (Å²) in [7, 11) is 0. The van der Waals surface area contributed by atoms with Crippen LogP contribution in [0.2, 0.25) is 0 Å². The summed E-state index contributed by atoms with van der Waals surface area (Å²) >= 11 is 3.21. The average molecular weight is 266 g/mol. The lowest BCUT2D eigenvalue weighted by atomic mass is 10.2. The van der Waals surface area contributed by atoms with E-state index in [0.717, 1.165) is 27.4 Å². The third-order valence-electron chi connectivity index (χ3n) is 2.00. The first-order chi connectivity index (χ1) is 8.25. The van der Waals surface area contributed by atoms with Crippen molar-refractivity contribution in [1.29, 1.82) is 0 Å². The van der Waals surface area contributed by atoms with E-state index in [9.17, 15) is 4.79 Å². The average Bonchev–Trinajstić information content (AvgIpc) is 2.95. The van der Waals surface area contributed by atoms with Crippen molar-refractivity contribution in [2.45, 2.75) is 10.9 Å². The molecule has 0 atom stereocenters. The number of nitrogens with zero attached hydrogens (tertiary/aromatic N) is 1. The van der Waals surface area contributed by atoms with E-state index in [4.69, 9.17) is 5.11 Å². The third-order valence-corrected chi connectivity index (χ3v) is 4.05. The molecule has 0 bridgehead atoms. The van der Waals surface area contributed by atoms with Crippen molar-refractivity contribution in [1.82, 2.24) is 9.97 Å². The van der Waals surface area contributed by atoms with Crippen molar-refractivity contribution in [3.05, 3.63) is 40.4 Å². The molecule has 17 heavy (non-hydrogen) atoms. The Balaban J connectivity index is 2.01. The second kappa shape index (κ2) is 5.70. The maximum Gasteiger partial charge on any atom is 0.328 e. The number of thioether (sulfide) groups is 1. The van der Waals surface area contributed by atoms with E-state index in [2.05, 4.69) is 9.97 Å². The second-order valence-corrected chi connectivity index (χ2v) is 5.12. The molecule has 0 spiro atoms. The minimum Gasteiger partial charge on any atom is -0.478 e. The zero-order valence-corrected chi connectivity index (χ0v) is 10.4. The van der Waals surface area contributed by atoms with Gasteiger partial charge in [0.25, 0.3) is 0 Å².